The van der Waals surface area contributed by atoms with Crippen LogP contribution in [0.15, 0.2) is 59.5 Å². The zero-order valence-electron chi connectivity index (χ0n) is 13.3. The van der Waals surface area contributed by atoms with Gasteiger partial charge in [0, 0.05) is 27.4 Å². The maximum absolute atomic E-state index is 12.7. The summed E-state index contributed by atoms with van der Waals surface area (Å²) in [6, 6.07) is 12.9. The highest BCUT2D eigenvalue weighted by atomic mass is 35.5. The first kappa shape index (κ1) is 16.7. The number of nitrogens with one attached hydrogen (secondary N) is 2. The predicted molar refractivity (Wildman–Crippen MR) is 99.3 cm³/mol. The number of amides is 1. The smallest absolute Gasteiger partial charge is 0.260 e. The number of H-pyrrole nitrogens is 1. The molecule has 0 saturated heterocycles. The number of aromatic nitrogens is 1. The average Bonchev–Trinajstić information content (AvgIpc) is 2.61. The quantitative estimate of drug-likeness (QED) is 0.689. The summed E-state index contributed by atoms with van der Waals surface area (Å²) in [7, 11) is 0. The van der Waals surface area contributed by atoms with Crippen molar-refractivity contribution in [2.75, 3.05) is 0 Å². The van der Waals surface area contributed by atoms with Gasteiger partial charge in [0.05, 0.1) is 6.04 Å². The molecule has 130 valence electrons. The molecule has 0 saturated carbocycles. The van der Waals surface area contributed by atoms with Crippen LogP contribution >= 0.6 is 23.2 Å². The van der Waals surface area contributed by atoms with Crippen molar-refractivity contribution in [2.45, 2.75) is 6.04 Å². The summed E-state index contributed by atoms with van der Waals surface area (Å²) in [5.41, 5.74) is 0.885. The Labute approximate surface area is 158 Å². The molecule has 0 fully saturated rings. The SMILES string of the molecule is O=C(NC1c2ccc(Cl)cc2Oc2cccc(Cl)c21)c1ccc[nH]c1=O. The largest absolute Gasteiger partial charge is 0.456 e. The van der Waals surface area contributed by atoms with E-state index in [4.69, 9.17) is 27.9 Å². The minimum Gasteiger partial charge on any atom is -0.456 e. The van der Waals surface area contributed by atoms with Crippen LogP contribution in [0.3, 0.4) is 0 Å². The van der Waals surface area contributed by atoms with Crippen molar-refractivity contribution >= 4 is 29.1 Å². The molecule has 1 aliphatic heterocycles. The number of fused-ring (bicyclic) bond motifs is 2. The number of carbonyl (C=O) groups excluding carboxylic acids is 1. The maximum atomic E-state index is 12.7. The predicted octanol–water partition coefficient (Wildman–Crippen LogP) is 4.31. The van der Waals surface area contributed by atoms with Crippen LogP contribution < -0.4 is 15.6 Å². The van der Waals surface area contributed by atoms with Gasteiger partial charge in [-0.2, -0.15) is 0 Å². The first-order valence-corrected chi connectivity index (χ1v) is 8.54. The summed E-state index contributed by atoms with van der Waals surface area (Å²) >= 11 is 12.4. The van der Waals surface area contributed by atoms with Crippen LogP contribution in [-0.2, 0) is 0 Å². The molecule has 5 nitrogen and oxygen atoms in total. The third-order valence-electron chi connectivity index (χ3n) is 4.15. The Bertz CT molecular complexity index is 1080. The van der Waals surface area contributed by atoms with E-state index in [0.717, 1.165) is 0 Å². The number of rotatable bonds is 2. The Balaban J connectivity index is 1.82. The highest BCUT2D eigenvalue weighted by molar-refractivity contribution is 6.32. The molecule has 4 rings (SSSR count). The zero-order chi connectivity index (χ0) is 18.3. The minimum atomic E-state index is -0.577. The topological polar surface area (TPSA) is 71.2 Å². The minimum absolute atomic E-state index is 0.0168. The summed E-state index contributed by atoms with van der Waals surface area (Å²) in [5, 5.41) is 3.85. The molecule has 1 unspecified atom stereocenters. The molecule has 3 aromatic rings. The van der Waals surface area contributed by atoms with E-state index in [1.54, 1.807) is 42.5 Å². The van der Waals surface area contributed by atoms with Crippen molar-refractivity contribution < 1.29 is 9.53 Å². The lowest BCUT2D eigenvalue weighted by atomic mass is 9.94. The standard InChI is InChI=1S/C19H12Cl2N2O3/c20-10-6-7-11-15(9-10)26-14-5-1-4-13(21)16(14)17(11)23-19(25)12-3-2-8-22-18(12)24/h1-9,17H,(H,22,24)(H,23,25). The normalized spacial score (nSPS) is 14.8. The number of halogens is 2. The van der Waals surface area contributed by atoms with Gasteiger partial charge in [0.15, 0.2) is 0 Å². The number of aromatic amines is 1. The molecular formula is C19H12Cl2N2O3. The lowest BCUT2D eigenvalue weighted by Gasteiger charge is -2.29. The van der Waals surface area contributed by atoms with Gasteiger partial charge in [-0.15, -0.1) is 0 Å². The van der Waals surface area contributed by atoms with Crippen molar-refractivity contribution in [1.82, 2.24) is 10.3 Å². The van der Waals surface area contributed by atoms with E-state index in [1.807, 2.05) is 0 Å². The number of ether oxygens (including phenoxy) is 1. The zero-order valence-corrected chi connectivity index (χ0v) is 14.8. The second kappa shape index (κ2) is 6.52. The molecule has 2 aromatic carbocycles. The van der Waals surface area contributed by atoms with Crippen molar-refractivity contribution in [1.29, 1.82) is 0 Å². The van der Waals surface area contributed by atoms with Gasteiger partial charge >= 0.3 is 0 Å². The second-order valence-corrected chi connectivity index (χ2v) is 6.60. The number of carbonyl (C=O) groups is 1. The van der Waals surface area contributed by atoms with E-state index in [1.165, 1.54) is 12.3 Å². The molecule has 0 spiro atoms. The second-order valence-electron chi connectivity index (χ2n) is 5.76. The Morgan fingerprint density at radius 3 is 2.73 bits per heavy atom. The van der Waals surface area contributed by atoms with Crippen LogP contribution in [-0.4, -0.2) is 10.9 Å². The molecule has 2 heterocycles. The molecular weight excluding hydrogens is 375 g/mol. The number of hydrogen-bond acceptors (Lipinski definition) is 3. The highest BCUT2D eigenvalue weighted by Crippen LogP contribution is 2.46. The van der Waals surface area contributed by atoms with Gasteiger partial charge in [-0.1, -0.05) is 35.3 Å². The third kappa shape index (κ3) is 2.85. The molecule has 1 aliphatic rings. The Hall–Kier alpha value is -2.76. The molecule has 26 heavy (non-hydrogen) atoms. The van der Waals surface area contributed by atoms with E-state index in [0.29, 0.717) is 32.7 Å². The Morgan fingerprint density at radius 1 is 1.08 bits per heavy atom. The third-order valence-corrected chi connectivity index (χ3v) is 4.71. The van der Waals surface area contributed by atoms with Crippen LogP contribution in [0.4, 0.5) is 0 Å². The van der Waals surface area contributed by atoms with E-state index in [9.17, 15) is 9.59 Å². The molecule has 0 radical (unpaired) electrons. The summed E-state index contributed by atoms with van der Waals surface area (Å²) in [4.78, 5) is 27.1. The van der Waals surface area contributed by atoms with Crippen LogP contribution in [0, 0.1) is 0 Å². The molecule has 2 N–H and O–H groups in total. The summed E-state index contributed by atoms with van der Waals surface area (Å²) in [5.74, 6) is 0.546. The summed E-state index contributed by atoms with van der Waals surface area (Å²) in [6.07, 6.45) is 1.47. The van der Waals surface area contributed by atoms with Gasteiger partial charge < -0.3 is 15.0 Å². The van der Waals surface area contributed by atoms with E-state index in [2.05, 4.69) is 10.3 Å². The van der Waals surface area contributed by atoms with Gasteiger partial charge in [0.2, 0.25) is 0 Å². The van der Waals surface area contributed by atoms with Crippen molar-refractivity contribution in [3.05, 3.63) is 91.8 Å². The fraction of sp³-hybridized carbons (Fsp3) is 0.0526. The number of hydrogen-bond donors (Lipinski definition) is 2. The number of pyridine rings is 1. The molecule has 1 amide bonds. The monoisotopic (exact) mass is 386 g/mol. The highest BCUT2D eigenvalue weighted by Gasteiger charge is 2.31. The average molecular weight is 387 g/mol. The van der Waals surface area contributed by atoms with Gasteiger partial charge in [-0.05, 0) is 36.4 Å². The lowest BCUT2D eigenvalue weighted by Crippen LogP contribution is -2.34. The van der Waals surface area contributed by atoms with Gasteiger partial charge in [0.25, 0.3) is 11.5 Å². The fourth-order valence-corrected chi connectivity index (χ4v) is 3.39. The van der Waals surface area contributed by atoms with Crippen molar-refractivity contribution in [2.24, 2.45) is 0 Å². The van der Waals surface area contributed by atoms with Crippen LogP contribution in [0.25, 0.3) is 0 Å². The molecule has 0 bridgehead atoms. The van der Waals surface area contributed by atoms with Crippen LogP contribution in [0.1, 0.15) is 27.5 Å². The van der Waals surface area contributed by atoms with Crippen LogP contribution in [0.2, 0.25) is 10.0 Å². The van der Waals surface area contributed by atoms with E-state index >= 15 is 0 Å². The Kier molecular flexibility index (Phi) is 4.18. The first-order valence-electron chi connectivity index (χ1n) is 7.79. The van der Waals surface area contributed by atoms with Crippen molar-refractivity contribution in [3.8, 4) is 11.5 Å². The number of benzene rings is 2. The van der Waals surface area contributed by atoms with Gasteiger partial charge in [0.1, 0.15) is 17.1 Å². The molecule has 7 heteroatoms. The fourth-order valence-electron chi connectivity index (χ4n) is 2.95. The molecule has 1 atom stereocenters. The van der Waals surface area contributed by atoms with E-state index in [-0.39, 0.29) is 5.56 Å². The lowest BCUT2D eigenvalue weighted by molar-refractivity contribution is 0.0940. The van der Waals surface area contributed by atoms with E-state index < -0.39 is 17.5 Å². The van der Waals surface area contributed by atoms with Crippen molar-refractivity contribution in [3.63, 3.8) is 0 Å². The Morgan fingerprint density at radius 2 is 1.92 bits per heavy atom. The molecule has 1 aromatic heterocycles. The summed E-state index contributed by atoms with van der Waals surface area (Å²) < 4.78 is 5.89. The summed E-state index contributed by atoms with van der Waals surface area (Å²) in [6.45, 7) is 0. The maximum Gasteiger partial charge on any atom is 0.260 e. The van der Waals surface area contributed by atoms with Crippen LogP contribution in [0.5, 0.6) is 11.5 Å². The molecule has 0 aliphatic carbocycles. The first-order chi connectivity index (χ1) is 12.5. The van der Waals surface area contributed by atoms with Gasteiger partial charge in [-0.25, -0.2) is 0 Å². The van der Waals surface area contributed by atoms with Gasteiger partial charge in [-0.3, -0.25) is 9.59 Å².